The van der Waals surface area contributed by atoms with Crippen molar-refractivity contribution in [3.05, 3.63) is 0 Å². The number of carbonyl (C=O) groups is 3. The second-order valence-corrected chi connectivity index (χ2v) is 3.37. The summed E-state index contributed by atoms with van der Waals surface area (Å²) >= 11 is 0. The molecule has 0 aliphatic rings. The highest BCUT2D eigenvalue weighted by molar-refractivity contribution is 5.96. The number of Topliss-reactive ketones (excluding diaryl/α,β-unsaturated/α-hetero) is 1. The van der Waals surface area contributed by atoms with Crippen molar-refractivity contribution < 1.29 is 19.1 Å². The van der Waals surface area contributed by atoms with E-state index in [1.54, 1.807) is 7.05 Å². The van der Waals surface area contributed by atoms with Crippen LogP contribution in [0.4, 0.5) is 0 Å². The van der Waals surface area contributed by atoms with E-state index in [4.69, 9.17) is 0 Å². The lowest BCUT2D eigenvalue weighted by Crippen LogP contribution is -2.29. The number of ketones is 1. The molecule has 0 aromatic heterocycles. The fraction of sp³-hybridized carbons (Fsp3) is 0.700. The molecule has 0 atom stereocenters. The van der Waals surface area contributed by atoms with Gasteiger partial charge in [-0.1, -0.05) is 0 Å². The maximum atomic E-state index is 11.3. The van der Waals surface area contributed by atoms with E-state index in [2.05, 4.69) is 4.74 Å². The zero-order valence-corrected chi connectivity index (χ0v) is 9.41. The van der Waals surface area contributed by atoms with Crippen molar-refractivity contribution in [1.82, 2.24) is 4.90 Å². The third-order valence-corrected chi connectivity index (χ3v) is 1.93. The van der Waals surface area contributed by atoms with Crippen molar-refractivity contribution in [2.45, 2.75) is 26.2 Å². The first-order valence-corrected chi connectivity index (χ1v) is 4.77. The van der Waals surface area contributed by atoms with E-state index in [1.807, 2.05) is 0 Å². The Hall–Kier alpha value is -1.39. The van der Waals surface area contributed by atoms with Gasteiger partial charge in [-0.05, 0) is 13.3 Å². The van der Waals surface area contributed by atoms with Gasteiger partial charge in [-0.15, -0.1) is 0 Å². The Morgan fingerprint density at radius 3 is 2.33 bits per heavy atom. The number of nitrogens with zero attached hydrogens (tertiary/aromatic N) is 1. The smallest absolute Gasteiger partial charge is 0.305 e. The number of carbonyl (C=O) groups excluding carboxylic acids is 3. The van der Waals surface area contributed by atoms with Gasteiger partial charge in [0.1, 0.15) is 5.78 Å². The lowest BCUT2D eigenvalue weighted by Gasteiger charge is -2.15. The Kier molecular flexibility index (Phi) is 6.33. The molecular weight excluding hydrogens is 198 g/mol. The van der Waals surface area contributed by atoms with E-state index >= 15 is 0 Å². The molecular formula is C10H17NO4. The van der Waals surface area contributed by atoms with Gasteiger partial charge < -0.3 is 9.64 Å². The first kappa shape index (κ1) is 13.6. The van der Waals surface area contributed by atoms with Crippen LogP contribution in [-0.2, 0) is 19.1 Å². The number of hydrogen-bond acceptors (Lipinski definition) is 4. The van der Waals surface area contributed by atoms with Gasteiger partial charge in [0.25, 0.3) is 0 Å². The SMILES string of the molecule is COC(=O)CCCN(C)C(=O)CC(C)=O. The van der Waals surface area contributed by atoms with Gasteiger partial charge in [0, 0.05) is 20.0 Å². The molecule has 0 rings (SSSR count). The molecule has 86 valence electrons. The highest BCUT2D eigenvalue weighted by Gasteiger charge is 2.11. The minimum absolute atomic E-state index is 0.0747. The summed E-state index contributed by atoms with van der Waals surface area (Å²) in [6, 6.07) is 0. The summed E-state index contributed by atoms with van der Waals surface area (Å²) in [5.74, 6) is -0.658. The highest BCUT2D eigenvalue weighted by atomic mass is 16.5. The number of esters is 1. The maximum Gasteiger partial charge on any atom is 0.305 e. The molecule has 5 heteroatoms. The van der Waals surface area contributed by atoms with Gasteiger partial charge in [0.2, 0.25) is 5.91 Å². The second-order valence-electron chi connectivity index (χ2n) is 3.37. The van der Waals surface area contributed by atoms with Gasteiger partial charge in [-0.2, -0.15) is 0 Å². The molecule has 0 aromatic carbocycles. The minimum Gasteiger partial charge on any atom is -0.469 e. The van der Waals surface area contributed by atoms with Crippen molar-refractivity contribution in [3.8, 4) is 0 Å². The van der Waals surface area contributed by atoms with E-state index in [0.717, 1.165) is 0 Å². The minimum atomic E-state index is -0.289. The molecule has 0 N–H and O–H groups in total. The number of ether oxygens (including phenoxy) is 1. The number of methoxy groups -OCH3 is 1. The van der Waals surface area contributed by atoms with Crippen LogP contribution in [0.5, 0.6) is 0 Å². The molecule has 0 bridgehead atoms. The van der Waals surface area contributed by atoms with E-state index in [-0.39, 0.29) is 30.5 Å². The Morgan fingerprint density at radius 2 is 1.87 bits per heavy atom. The van der Waals surface area contributed by atoms with Crippen LogP contribution in [0.25, 0.3) is 0 Å². The summed E-state index contributed by atoms with van der Waals surface area (Å²) in [6.45, 7) is 1.83. The maximum absolute atomic E-state index is 11.3. The summed E-state index contributed by atoms with van der Waals surface area (Å²) in [5.41, 5.74) is 0. The van der Waals surface area contributed by atoms with Crippen molar-refractivity contribution >= 4 is 17.7 Å². The number of hydrogen-bond donors (Lipinski definition) is 0. The summed E-state index contributed by atoms with van der Waals surface area (Å²) in [5, 5.41) is 0. The quantitative estimate of drug-likeness (QED) is 0.474. The van der Waals surface area contributed by atoms with Crippen molar-refractivity contribution in [2.75, 3.05) is 20.7 Å². The Balaban J connectivity index is 3.73. The molecule has 0 fully saturated rings. The summed E-state index contributed by atoms with van der Waals surface area (Å²) in [7, 11) is 2.94. The first-order valence-electron chi connectivity index (χ1n) is 4.77. The van der Waals surface area contributed by atoms with Crippen LogP contribution in [0.3, 0.4) is 0 Å². The summed E-state index contributed by atoms with van der Waals surface area (Å²) < 4.78 is 4.46. The highest BCUT2D eigenvalue weighted by Crippen LogP contribution is 1.97. The van der Waals surface area contributed by atoms with Gasteiger partial charge >= 0.3 is 5.97 Å². The van der Waals surface area contributed by atoms with Crippen LogP contribution < -0.4 is 0 Å². The molecule has 0 aliphatic heterocycles. The van der Waals surface area contributed by atoms with Crippen LogP contribution in [0.15, 0.2) is 0 Å². The molecule has 0 heterocycles. The zero-order chi connectivity index (χ0) is 11.8. The van der Waals surface area contributed by atoms with E-state index in [1.165, 1.54) is 18.9 Å². The second kappa shape index (κ2) is 6.98. The third-order valence-electron chi connectivity index (χ3n) is 1.93. The zero-order valence-electron chi connectivity index (χ0n) is 9.41. The predicted molar refractivity (Wildman–Crippen MR) is 54.2 cm³/mol. The number of amides is 1. The molecule has 0 radical (unpaired) electrons. The standard InChI is InChI=1S/C10H17NO4/c1-8(12)7-9(13)11(2)6-4-5-10(14)15-3/h4-7H2,1-3H3. The molecule has 1 amide bonds. The predicted octanol–water partition coefficient (Wildman–Crippen LogP) is 0.377. The average Bonchev–Trinajstić information content (AvgIpc) is 2.16. The molecule has 0 saturated heterocycles. The van der Waals surface area contributed by atoms with E-state index in [9.17, 15) is 14.4 Å². The van der Waals surface area contributed by atoms with Gasteiger partial charge in [0.05, 0.1) is 13.5 Å². The Labute approximate surface area is 89.4 Å². The molecule has 0 aromatic rings. The monoisotopic (exact) mass is 215 g/mol. The van der Waals surface area contributed by atoms with Crippen LogP contribution >= 0.6 is 0 Å². The summed E-state index contributed by atoms with van der Waals surface area (Å²) in [6.07, 6.45) is 0.760. The summed E-state index contributed by atoms with van der Waals surface area (Å²) in [4.78, 5) is 34.2. The van der Waals surface area contributed by atoms with Crippen molar-refractivity contribution in [1.29, 1.82) is 0 Å². The Bertz CT molecular complexity index is 250. The molecule has 0 saturated carbocycles. The van der Waals surface area contributed by atoms with Crippen LogP contribution in [0.1, 0.15) is 26.2 Å². The molecule has 5 nitrogen and oxygen atoms in total. The lowest BCUT2D eigenvalue weighted by molar-refractivity contribution is -0.141. The molecule has 0 unspecified atom stereocenters. The van der Waals surface area contributed by atoms with Crippen LogP contribution in [0.2, 0.25) is 0 Å². The Morgan fingerprint density at radius 1 is 1.27 bits per heavy atom. The van der Waals surface area contributed by atoms with Gasteiger partial charge in [0.15, 0.2) is 0 Å². The fourth-order valence-electron chi connectivity index (χ4n) is 1.04. The normalized spacial score (nSPS) is 9.53. The van der Waals surface area contributed by atoms with Gasteiger partial charge in [-0.3, -0.25) is 14.4 Å². The molecule has 0 spiro atoms. The van der Waals surface area contributed by atoms with Gasteiger partial charge in [-0.25, -0.2) is 0 Å². The van der Waals surface area contributed by atoms with Crippen LogP contribution in [0, 0.1) is 0 Å². The molecule has 0 aliphatic carbocycles. The average molecular weight is 215 g/mol. The number of rotatable bonds is 6. The van der Waals surface area contributed by atoms with E-state index in [0.29, 0.717) is 13.0 Å². The van der Waals surface area contributed by atoms with Crippen LogP contribution in [-0.4, -0.2) is 43.3 Å². The van der Waals surface area contributed by atoms with Crippen molar-refractivity contribution in [3.63, 3.8) is 0 Å². The van der Waals surface area contributed by atoms with Crippen molar-refractivity contribution in [2.24, 2.45) is 0 Å². The fourth-order valence-corrected chi connectivity index (χ4v) is 1.04. The molecule has 15 heavy (non-hydrogen) atoms. The van der Waals surface area contributed by atoms with E-state index < -0.39 is 0 Å². The third kappa shape index (κ3) is 6.65. The topological polar surface area (TPSA) is 63.7 Å². The lowest BCUT2D eigenvalue weighted by atomic mass is 10.2. The first-order chi connectivity index (χ1) is 6.97. The largest absolute Gasteiger partial charge is 0.469 e.